The topological polar surface area (TPSA) is 20.2 Å². The summed E-state index contributed by atoms with van der Waals surface area (Å²) in [6.45, 7) is 4.15. The van der Waals surface area contributed by atoms with Crippen molar-refractivity contribution in [1.29, 1.82) is 0 Å². The molecular weight excluding hydrogens is 192 g/mol. The average molecular weight is 209 g/mol. The lowest BCUT2D eigenvalue weighted by molar-refractivity contribution is 0.164. The zero-order chi connectivity index (χ0) is 7.98. The maximum absolute atomic E-state index is 9.31. The van der Waals surface area contributed by atoms with Crippen LogP contribution in [0.2, 0.25) is 0 Å². The van der Waals surface area contributed by atoms with Crippen LogP contribution in [-0.2, 0) is 0 Å². The number of alkyl halides is 1. The standard InChI is InChI=1S/C8H17BrO/c1-3-4-5-6-8(10)7(2)9/h7-8,10H,3-6H2,1-2H3. The lowest BCUT2D eigenvalue weighted by Crippen LogP contribution is -2.16. The van der Waals surface area contributed by atoms with Crippen molar-refractivity contribution in [3.63, 3.8) is 0 Å². The zero-order valence-electron chi connectivity index (χ0n) is 6.81. The predicted octanol–water partition coefficient (Wildman–Crippen LogP) is 2.71. The van der Waals surface area contributed by atoms with Gasteiger partial charge < -0.3 is 5.11 Å². The molecule has 0 radical (unpaired) electrons. The van der Waals surface area contributed by atoms with Gasteiger partial charge >= 0.3 is 0 Å². The summed E-state index contributed by atoms with van der Waals surface area (Å²) in [5, 5.41) is 9.31. The summed E-state index contributed by atoms with van der Waals surface area (Å²) < 4.78 is 0. The molecular formula is C8H17BrO. The third kappa shape index (κ3) is 5.24. The van der Waals surface area contributed by atoms with E-state index >= 15 is 0 Å². The fourth-order valence-corrected chi connectivity index (χ4v) is 1.10. The van der Waals surface area contributed by atoms with E-state index in [2.05, 4.69) is 22.9 Å². The summed E-state index contributed by atoms with van der Waals surface area (Å²) in [4.78, 5) is 0.240. The van der Waals surface area contributed by atoms with E-state index in [9.17, 15) is 5.11 Å². The van der Waals surface area contributed by atoms with Crippen molar-refractivity contribution in [2.24, 2.45) is 0 Å². The van der Waals surface area contributed by atoms with Crippen LogP contribution in [0.15, 0.2) is 0 Å². The molecule has 0 heterocycles. The van der Waals surface area contributed by atoms with Crippen LogP contribution in [0.25, 0.3) is 0 Å². The van der Waals surface area contributed by atoms with E-state index in [-0.39, 0.29) is 10.9 Å². The van der Waals surface area contributed by atoms with Gasteiger partial charge in [0.1, 0.15) is 0 Å². The molecule has 0 spiro atoms. The summed E-state index contributed by atoms with van der Waals surface area (Å²) in [6, 6.07) is 0. The first-order chi connectivity index (χ1) is 4.68. The van der Waals surface area contributed by atoms with Crippen molar-refractivity contribution in [1.82, 2.24) is 0 Å². The van der Waals surface area contributed by atoms with Gasteiger partial charge in [-0.15, -0.1) is 0 Å². The first-order valence-corrected chi connectivity index (χ1v) is 4.92. The monoisotopic (exact) mass is 208 g/mol. The van der Waals surface area contributed by atoms with Crippen molar-refractivity contribution >= 4 is 15.9 Å². The molecule has 0 saturated heterocycles. The molecule has 0 aromatic rings. The van der Waals surface area contributed by atoms with Crippen molar-refractivity contribution < 1.29 is 5.11 Å². The summed E-state index contributed by atoms with van der Waals surface area (Å²) in [6.07, 6.45) is 4.38. The molecule has 0 amide bonds. The Bertz CT molecular complexity index is 73.7. The Labute approximate surface area is 72.0 Å². The van der Waals surface area contributed by atoms with E-state index < -0.39 is 0 Å². The molecule has 1 N–H and O–H groups in total. The molecule has 0 fully saturated rings. The van der Waals surface area contributed by atoms with E-state index in [0.717, 1.165) is 12.8 Å². The molecule has 2 atom stereocenters. The molecule has 0 bridgehead atoms. The highest BCUT2D eigenvalue weighted by Gasteiger charge is 2.08. The van der Waals surface area contributed by atoms with Crippen LogP contribution in [0.3, 0.4) is 0 Å². The van der Waals surface area contributed by atoms with Crippen LogP contribution in [0.4, 0.5) is 0 Å². The van der Waals surface area contributed by atoms with E-state index in [4.69, 9.17) is 0 Å². The molecule has 1 nitrogen and oxygen atoms in total. The van der Waals surface area contributed by atoms with Crippen LogP contribution in [0, 0.1) is 0 Å². The normalized spacial score (nSPS) is 16.8. The molecule has 0 aromatic carbocycles. The van der Waals surface area contributed by atoms with Gasteiger partial charge in [-0.25, -0.2) is 0 Å². The first kappa shape index (κ1) is 10.4. The highest BCUT2D eigenvalue weighted by molar-refractivity contribution is 9.09. The number of hydrogen-bond donors (Lipinski definition) is 1. The Morgan fingerprint density at radius 2 is 2.00 bits per heavy atom. The maximum atomic E-state index is 9.31. The Kier molecular flexibility index (Phi) is 6.44. The molecule has 0 saturated carbocycles. The van der Waals surface area contributed by atoms with Crippen molar-refractivity contribution in [3.8, 4) is 0 Å². The lowest BCUT2D eigenvalue weighted by Gasteiger charge is -2.11. The van der Waals surface area contributed by atoms with E-state index in [0.29, 0.717) is 0 Å². The Morgan fingerprint density at radius 1 is 1.40 bits per heavy atom. The number of aliphatic hydroxyl groups is 1. The molecule has 0 aliphatic heterocycles. The van der Waals surface area contributed by atoms with E-state index in [1.807, 2.05) is 6.92 Å². The van der Waals surface area contributed by atoms with Crippen molar-refractivity contribution in [3.05, 3.63) is 0 Å². The minimum absolute atomic E-state index is 0.161. The smallest absolute Gasteiger partial charge is 0.0662 e. The van der Waals surface area contributed by atoms with Crippen LogP contribution >= 0.6 is 15.9 Å². The van der Waals surface area contributed by atoms with Crippen molar-refractivity contribution in [2.75, 3.05) is 0 Å². The van der Waals surface area contributed by atoms with E-state index in [1.165, 1.54) is 12.8 Å². The second-order valence-electron chi connectivity index (χ2n) is 2.74. The third-order valence-corrected chi connectivity index (χ3v) is 2.24. The number of hydrogen-bond acceptors (Lipinski definition) is 1. The van der Waals surface area contributed by atoms with Crippen LogP contribution < -0.4 is 0 Å². The van der Waals surface area contributed by atoms with Gasteiger partial charge in [0.05, 0.1) is 6.10 Å². The molecule has 0 rings (SSSR count). The van der Waals surface area contributed by atoms with Gasteiger partial charge in [0.15, 0.2) is 0 Å². The minimum Gasteiger partial charge on any atom is -0.392 e. The maximum Gasteiger partial charge on any atom is 0.0662 e. The number of aliphatic hydroxyl groups excluding tert-OH is 1. The fraction of sp³-hybridized carbons (Fsp3) is 1.00. The molecule has 0 aromatic heterocycles. The summed E-state index contributed by atoms with van der Waals surface area (Å²) in [7, 11) is 0. The summed E-state index contributed by atoms with van der Waals surface area (Å²) in [5.41, 5.74) is 0. The van der Waals surface area contributed by atoms with Gasteiger partial charge in [-0.05, 0) is 6.42 Å². The molecule has 2 unspecified atom stereocenters. The molecule has 10 heavy (non-hydrogen) atoms. The van der Waals surface area contributed by atoms with Crippen LogP contribution in [0.1, 0.15) is 39.5 Å². The molecule has 0 aliphatic rings. The average Bonchev–Trinajstić information content (AvgIpc) is 1.88. The molecule has 2 heteroatoms. The van der Waals surface area contributed by atoms with Crippen molar-refractivity contribution in [2.45, 2.75) is 50.5 Å². The fourth-order valence-electron chi connectivity index (χ4n) is 0.833. The predicted molar refractivity (Wildman–Crippen MR) is 48.5 cm³/mol. The zero-order valence-corrected chi connectivity index (χ0v) is 8.39. The number of unbranched alkanes of at least 4 members (excludes halogenated alkanes) is 2. The van der Waals surface area contributed by atoms with Gasteiger partial charge in [-0.2, -0.15) is 0 Å². The van der Waals surface area contributed by atoms with Crippen LogP contribution in [0.5, 0.6) is 0 Å². The van der Waals surface area contributed by atoms with Gasteiger partial charge in [0, 0.05) is 4.83 Å². The van der Waals surface area contributed by atoms with Gasteiger partial charge in [-0.3, -0.25) is 0 Å². The SMILES string of the molecule is CCCCCC(O)C(C)Br. The third-order valence-electron chi connectivity index (χ3n) is 1.63. The summed E-state index contributed by atoms with van der Waals surface area (Å²) in [5.74, 6) is 0. The number of halogens is 1. The Balaban J connectivity index is 3.13. The Morgan fingerprint density at radius 3 is 2.40 bits per heavy atom. The first-order valence-electron chi connectivity index (χ1n) is 4.00. The highest BCUT2D eigenvalue weighted by atomic mass is 79.9. The van der Waals surface area contributed by atoms with Gasteiger partial charge in [-0.1, -0.05) is 49.0 Å². The second kappa shape index (κ2) is 6.17. The number of rotatable bonds is 5. The highest BCUT2D eigenvalue weighted by Crippen LogP contribution is 2.11. The minimum atomic E-state index is -0.161. The lowest BCUT2D eigenvalue weighted by atomic mass is 10.1. The second-order valence-corrected chi connectivity index (χ2v) is 4.19. The largest absolute Gasteiger partial charge is 0.392 e. The van der Waals surface area contributed by atoms with Gasteiger partial charge in [0.2, 0.25) is 0 Å². The quantitative estimate of drug-likeness (QED) is 0.545. The van der Waals surface area contributed by atoms with Crippen LogP contribution in [-0.4, -0.2) is 16.0 Å². The van der Waals surface area contributed by atoms with Gasteiger partial charge in [0.25, 0.3) is 0 Å². The molecule has 62 valence electrons. The Hall–Kier alpha value is 0.440. The van der Waals surface area contributed by atoms with E-state index in [1.54, 1.807) is 0 Å². The molecule has 0 aliphatic carbocycles. The summed E-state index contributed by atoms with van der Waals surface area (Å²) >= 11 is 3.34.